The Labute approximate surface area is 144 Å². The van der Waals surface area contributed by atoms with Crippen LogP contribution in [0.5, 0.6) is 0 Å². The van der Waals surface area contributed by atoms with E-state index in [0.717, 1.165) is 0 Å². The fourth-order valence-corrected chi connectivity index (χ4v) is 2.87. The third kappa shape index (κ3) is 4.72. The van der Waals surface area contributed by atoms with Crippen molar-refractivity contribution in [1.29, 1.82) is 0 Å². The van der Waals surface area contributed by atoms with E-state index >= 15 is 0 Å². The Balaban J connectivity index is 1.96. The molecule has 1 aliphatic rings. The molecule has 1 atom stereocenters. The zero-order valence-corrected chi connectivity index (χ0v) is 14.0. The molecule has 23 heavy (non-hydrogen) atoms. The summed E-state index contributed by atoms with van der Waals surface area (Å²) in [4.78, 5) is 27.3. The molecule has 2 rings (SSSR count). The summed E-state index contributed by atoms with van der Waals surface area (Å²) < 4.78 is 13.0. The van der Waals surface area contributed by atoms with Gasteiger partial charge in [0.05, 0.1) is 6.04 Å². The molecular formula is C15H18Cl2FN3O2. The van der Waals surface area contributed by atoms with E-state index in [-0.39, 0.29) is 30.2 Å². The third-order valence-electron chi connectivity index (χ3n) is 3.59. The molecule has 0 spiro atoms. The minimum Gasteiger partial charge on any atom is -0.333 e. The first-order valence-electron chi connectivity index (χ1n) is 7.28. The van der Waals surface area contributed by atoms with Crippen molar-refractivity contribution in [3.8, 4) is 0 Å². The minimum atomic E-state index is -0.358. The van der Waals surface area contributed by atoms with Crippen molar-refractivity contribution in [2.45, 2.75) is 12.5 Å². The van der Waals surface area contributed by atoms with Crippen LogP contribution in [0.3, 0.4) is 0 Å². The first-order chi connectivity index (χ1) is 11.0. The number of halogens is 3. The van der Waals surface area contributed by atoms with Crippen LogP contribution in [0.2, 0.25) is 0 Å². The second-order valence-electron chi connectivity index (χ2n) is 5.20. The van der Waals surface area contributed by atoms with E-state index in [1.165, 1.54) is 21.9 Å². The van der Waals surface area contributed by atoms with Gasteiger partial charge in [0.15, 0.2) is 0 Å². The van der Waals surface area contributed by atoms with Crippen molar-refractivity contribution in [3.63, 3.8) is 0 Å². The number of benzene rings is 1. The quantitative estimate of drug-likeness (QED) is 0.791. The smallest absolute Gasteiger partial charge is 0.317 e. The zero-order valence-electron chi connectivity index (χ0n) is 12.5. The van der Waals surface area contributed by atoms with E-state index in [4.69, 9.17) is 23.2 Å². The number of nitrogens with one attached hydrogen (secondary N) is 1. The average Bonchev–Trinajstić information content (AvgIpc) is 2.88. The molecule has 1 heterocycles. The fourth-order valence-electron chi connectivity index (χ4n) is 2.46. The highest BCUT2D eigenvalue weighted by atomic mass is 35.5. The van der Waals surface area contributed by atoms with Gasteiger partial charge in [0.2, 0.25) is 5.91 Å². The molecule has 5 nitrogen and oxygen atoms in total. The first kappa shape index (κ1) is 17.8. The highest BCUT2D eigenvalue weighted by molar-refractivity contribution is 6.18. The minimum absolute atomic E-state index is 0.108. The van der Waals surface area contributed by atoms with Crippen LogP contribution in [-0.4, -0.2) is 54.3 Å². The number of urea groups is 1. The van der Waals surface area contributed by atoms with E-state index in [1.54, 1.807) is 12.1 Å². The second kappa shape index (κ2) is 8.36. The summed E-state index contributed by atoms with van der Waals surface area (Å²) in [5.74, 6) is 0.164. The fraction of sp³-hybridized carbons (Fsp3) is 0.467. The van der Waals surface area contributed by atoms with Crippen LogP contribution in [0.15, 0.2) is 24.3 Å². The van der Waals surface area contributed by atoms with Gasteiger partial charge in [0.25, 0.3) is 0 Å². The van der Waals surface area contributed by atoms with Crippen LogP contribution in [0.4, 0.5) is 14.9 Å². The van der Waals surface area contributed by atoms with Crippen molar-refractivity contribution in [2.24, 2.45) is 0 Å². The maximum absolute atomic E-state index is 13.0. The molecule has 126 valence electrons. The molecule has 1 aromatic carbocycles. The summed E-state index contributed by atoms with van der Waals surface area (Å²) in [6.07, 6.45) is 0.207. The lowest BCUT2D eigenvalue weighted by atomic mass is 10.2. The van der Waals surface area contributed by atoms with Crippen molar-refractivity contribution in [1.82, 2.24) is 10.2 Å². The maximum Gasteiger partial charge on any atom is 0.317 e. The Morgan fingerprint density at radius 1 is 1.26 bits per heavy atom. The van der Waals surface area contributed by atoms with Crippen LogP contribution in [0.1, 0.15) is 6.42 Å². The summed E-state index contributed by atoms with van der Waals surface area (Å²) >= 11 is 11.3. The van der Waals surface area contributed by atoms with Gasteiger partial charge < -0.3 is 15.1 Å². The molecule has 1 saturated heterocycles. The Bertz CT molecular complexity index is 550. The van der Waals surface area contributed by atoms with Gasteiger partial charge in [-0.15, -0.1) is 23.2 Å². The van der Waals surface area contributed by atoms with E-state index in [9.17, 15) is 14.0 Å². The van der Waals surface area contributed by atoms with Crippen LogP contribution in [0, 0.1) is 5.82 Å². The van der Waals surface area contributed by atoms with Crippen molar-refractivity contribution < 1.29 is 14.0 Å². The van der Waals surface area contributed by atoms with Gasteiger partial charge in [-0.3, -0.25) is 4.79 Å². The van der Waals surface area contributed by atoms with Gasteiger partial charge in [-0.05, 0) is 24.3 Å². The van der Waals surface area contributed by atoms with E-state index in [0.29, 0.717) is 37.1 Å². The second-order valence-corrected chi connectivity index (χ2v) is 5.95. The molecule has 1 N–H and O–H groups in total. The van der Waals surface area contributed by atoms with Crippen LogP contribution in [0.25, 0.3) is 0 Å². The van der Waals surface area contributed by atoms with Gasteiger partial charge >= 0.3 is 6.03 Å². The largest absolute Gasteiger partial charge is 0.333 e. The molecule has 1 aliphatic heterocycles. The number of rotatable bonds is 6. The highest BCUT2D eigenvalue weighted by Gasteiger charge is 2.32. The third-order valence-corrected chi connectivity index (χ3v) is 3.93. The van der Waals surface area contributed by atoms with Crippen molar-refractivity contribution in [2.75, 3.05) is 36.3 Å². The van der Waals surface area contributed by atoms with Crippen molar-refractivity contribution in [3.05, 3.63) is 30.1 Å². The average molecular weight is 362 g/mol. The molecule has 3 amide bonds. The monoisotopic (exact) mass is 361 g/mol. The van der Waals surface area contributed by atoms with Gasteiger partial charge in [-0.2, -0.15) is 0 Å². The summed E-state index contributed by atoms with van der Waals surface area (Å²) in [5, 5.41) is 2.82. The predicted molar refractivity (Wildman–Crippen MR) is 88.7 cm³/mol. The zero-order chi connectivity index (χ0) is 16.8. The number of amides is 3. The number of nitrogens with zero attached hydrogens (tertiary/aromatic N) is 2. The summed E-state index contributed by atoms with van der Waals surface area (Å²) in [5.41, 5.74) is 0.617. The maximum atomic E-state index is 13.0. The van der Waals surface area contributed by atoms with Gasteiger partial charge in [-0.25, -0.2) is 9.18 Å². The summed E-state index contributed by atoms with van der Waals surface area (Å²) in [6.45, 7) is 1.14. The van der Waals surface area contributed by atoms with Gasteiger partial charge in [-0.1, -0.05) is 0 Å². The van der Waals surface area contributed by atoms with E-state index < -0.39 is 0 Å². The topological polar surface area (TPSA) is 52.7 Å². The van der Waals surface area contributed by atoms with Crippen molar-refractivity contribution >= 4 is 40.8 Å². The van der Waals surface area contributed by atoms with Gasteiger partial charge in [0, 0.05) is 43.5 Å². The molecular weight excluding hydrogens is 344 g/mol. The number of carbonyl (C=O) groups excluding carboxylic acids is 2. The number of hydrogen-bond donors (Lipinski definition) is 1. The SMILES string of the molecule is O=C(N[C@H]1CC(=O)N(c2ccc(F)cc2)C1)N(CCCl)CCCl. The summed E-state index contributed by atoms with van der Waals surface area (Å²) in [7, 11) is 0. The van der Waals surface area contributed by atoms with E-state index in [1.807, 2.05) is 0 Å². The predicted octanol–water partition coefficient (Wildman–Crippen LogP) is 2.42. The molecule has 8 heteroatoms. The summed E-state index contributed by atoms with van der Waals surface area (Å²) in [6, 6.07) is 5.11. The lowest BCUT2D eigenvalue weighted by Gasteiger charge is -2.23. The first-order valence-corrected chi connectivity index (χ1v) is 8.35. The molecule has 1 aromatic rings. The molecule has 0 bridgehead atoms. The number of alkyl halides is 2. The Hall–Kier alpha value is -1.53. The lowest BCUT2D eigenvalue weighted by Crippen LogP contribution is -2.47. The standard InChI is InChI=1S/C15H18Cl2FN3O2/c16-5-7-20(8-6-17)15(23)19-12-9-14(22)21(10-12)13-3-1-11(18)2-4-13/h1-4,12H,5-10H2,(H,19,23)/t12-/m0/s1. The normalized spacial score (nSPS) is 17.4. The van der Waals surface area contributed by atoms with E-state index in [2.05, 4.69) is 5.32 Å². The van der Waals surface area contributed by atoms with Gasteiger partial charge in [0.1, 0.15) is 5.82 Å². The number of carbonyl (C=O) groups is 2. The molecule has 0 unspecified atom stereocenters. The Morgan fingerprint density at radius 3 is 2.43 bits per heavy atom. The molecule has 0 aromatic heterocycles. The van der Waals surface area contributed by atoms with Crippen LogP contribution >= 0.6 is 23.2 Å². The highest BCUT2D eigenvalue weighted by Crippen LogP contribution is 2.21. The molecule has 0 aliphatic carbocycles. The Kier molecular flexibility index (Phi) is 6.47. The van der Waals surface area contributed by atoms with Crippen LogP contribution < -0.4 is 10.2 Å². The number of hydrogen-bond acceptors (Lipinski definition) is 2. The molecule has 0 radical (unpaired) electrons. The molecule has 1 fully saturated rings. The lowest BCUT2D eigenvalue weighted by molar-refractivity contribution is -0.117. The Morgan fingerprint density at radius 2 is 1.87 bits per heavy atom. The number of anilines is 1. The van der Waals surface area contributed by atoms with Crippen LogP contribution in [-0.2, 0) is 4.79 Å². The molecule has 0 saturated carbocycles.